The van der Waals surface area contributed by atoms with E-state index in [1.807, 2.05) is 19.9 Å². The average molecular weight is 215 g/mol. The van der Waals surface area contributed by atoms with E-state index in [1.54, 1.807) is 0 Å². The summed E-state index contributed by atoms with van der Waals surface area (Å²) in [6, 6.07) is 6.44. The third-order valence-electron chi connectivity index (χ3n) is 1.56. The van der Waals surface area contributed by atoms with Crippen molar-refractivity contribution in [3.05, 3.63) is 35.4 Å². The van der Waals surface area contributed by atoms with Gasteiger partial charge >= 0.3 is 6.18 Å². The van der Waals surface area contributed by atoms with E-state index in [0.717, 1.165) is 12.1 Å². The number of alkyl halides is 3. The summed E-state index contributed by atoms with van der Waals surface area (Å²) in [5.41, 5.74) is -0.0929. The second-order valence-electron chi connectivity index (χ2n) is 2.53. The van der Waals surface area contributed by atoms with E-state index in [0.29, 0.717) is 5.56 Å². The number of hydrogen-bond acceptors (Lipinski definition) is 1. The average Bonchev–Trinajstić information content (AvgIpc) is 2.21. The molecule has 1 rings (SSSR count). The van der Waals surface area contributed by atoms with Crippen LogP contribution in [0.15, 0.2) is 24.3 Å². The molecular weight excluding hydrogens is 203 g/mol. The fourth-order valence-electron chi connectivity index (χ4n) is 0.903. The first kappa shape index (κ1) is 13.5. The summed E-state index contributed by atoms with van der Waals surface area (Å²) in [4.78, 5) is 0. The molecule has 15 heavy (non-hydrogen) atoms. The summed E-state index contributed by atoms with van der Waals surface area (Å²) in [6.45, 7) is 4.00. The van der Waals surface area contributed by atoms with Crippen molar-refractivity contribution in [2.75, 3.05) is 0 Å². The molecule has 1 aromatic carbocycles. The molecule has 0 N–H and O–H groups in total. The van der Waals surface area contributed by atoms with E-state index in [4.69, 9.17) is 5.26 Å². The quantitative estimate of drug-likeness (QED) is 0.699. The third-order valence-corrected chi connectivity index (χ3v) is 1.56. The first-order valence-corrected chi connectivity index (χ1v) is 4.57. The maximum absolute atomic E-state index is 12.0. The van der Waals surface area contributed by atoms with Crippen molar-refractivity contribution in [1.82, 2.24) is 0 Å². The Balaban J connectivity index is 0.000000921. The minimum absolute atomic E-state index is 0.137. The van der Waals surface area contributed by atoms with Crippen LogP contribution in [0.3, 0.4) is 0 Å². The van der Waals surface area contributed by atoms with Gasteiger partial charge in [-0.05, 0) is 17.7 Å². The van der Waals surface area contributed by atoms with E-state index < -0.39 is 11.7 Å². The van der Waals surface area contributed by atoms with Gasteiger partial charge in [0, 0.05) is 0 Å². The summed E-state index contributed by atoms with van der Waals surface area (Å²) < 4.78 is 36.1. The maximum atomic E-state index is 12.0. The minimum Gasteiger partial charge on any atom is -0.198 e. The monoisotopic (exact) mass is 215 g/mol. The molecule has 0 radical (unpaired) electrons. The summed E-state index contributed by atoms with van der Waals surface area (Å²) >= 11 is 0. The fraction of sp³-hybridized carbons (Fsp3) is 0.364. The highest BCUT2D eigenvalue weighted by Gasteiger charge is 2.29. The molecule has 0 spiro atoms. The third kappa shape index (κ3) is 4.50. The van der Waals surface area contributed by atoms with Crippen molar-refractivity contribution < 1.29 is 13.2 Å². The molecule has 0 heterocycles. The zero-order valence-corrected chi connectivity index (χ0v) is 8.60. The highest BCUT2D eigenvalue weighted by atomic mass is 19.4. The van der Waals surface area contributed by atoms with Gasteiger partial charge in [0.1, 0.15) is 0 Å². The Kier molecular flexibility index (Phi) is 5.46. The largest absolute Gasteiger partial charge is 0.416 e. The van der Waals surface area contributed by atoms with Crippen LogP contribution in [0.4, 0.5) is 13.2 Å². The molecule has 0 aliphatic heterocycles. The molecule has 0 aliphatic carbocycles. The number of nitriles is 1. The van der Waals surface area contributed by atoms with Crippen LogP contribution in [-0.4, -0.2) is 0 Å². The summed E-state index contributed by atoms with van der Waals surface area (Å²) in [5, 5.41) is 8.28. The van der Waals surface area contributed by atoms with Crippen molar-refractivity contribution in [3.63, 3.8) is 0 Å². The predicted octanol–water partition coefficient (Wildman–Crippen LogP) is 3.80. The topological polar surface area (TPSA) is 23.8 Å². The zero-order chi connectivity index (χ0) is 11.9. The van der Waals surface area contributed by atoms with Crippen LogP contribution in [0.25, 0.3) is 0 Å². The van der Waals surface area contributed by atoms with Gasteiger partial charge in [-0.3, -0.25) is 0 Å². The lowest BCUT2D eigenvalue weighted by atomic mass is 10.1. The fourth-order valence-corrected chi connectivity index (χ4v) is 0.903. The molecule has 0 bridgehead atoms. The van der Waals surface area contributed by atoms with E-state index in [2.05, 4.69) is 0 Å². The molecule has 1 aromatic rings. The van der Waals surface area contributed by atoms with Crippen molar-refractivity contribution in [2.24, 2.45) is 0 Å². The molecular formula is C11H12F3N. The molecule has 0 unspecified atom stereocenters. The number of benzene rings is 1. The van der Waals surface area contributed by atoms with Crippen LogP contribution in [-0.2, 0) is 12.6 Å². The van der Waals surface area contributed by atoms with Gasteiger partial charge in [-0.2, -0.15) is 18.4 Å². The molecule has 82 valence electrons. The highest BCUT2D eigenvalue weighted by molar-refractivity contribution is 5.26. The molecule has 0 saturated heterocycles. The van der Waals surface area contributed by atoms with Gasteiger partial charge < -0.3 is 0 Å². The van der Waals surface area contributed by atoms with Gasteiger partial charge in [-0.15, -0.1) is 0 Å². The van der Waals surface area contributed by atoms with E-state index >= 15 is 0 Å². The number of halogens is 3. The van der Waals surface area contributed by atoms with E-state index in [1.165, 1.54) is 12.1 Å². The first-order chi connectivity index (χ1) is 7.04. The number of rotatable bonds is 1. The summed E-state index contributed by atoms with van der Waals surface area (Å²) in [6.07, 6.45) is -4.16. The van der Waals surface area contributed by atoms with Gasteiger partial charge in [0.05, 0.1) is 18.1 Å². The SMILES string of the molecule is CC.N#CCc1ccc(C(F)(F)F)cc1. The molecule has 0 fully saturated rings. The van der Waals surface area contributed by atoms with Gasteiger partial charge in [-0.1, -0.05) is 26.0 Å². The molecule has 0 atom stereocenters. The first-order valence-electron chi connectivity index (χ1n) is 4.57. The summed E-state index contributed by atoms with van der Waals surface area (Å²) in [7, 11) is 0. The Hall–Kier alpha value is -1.50. The lowest BCUT2D eigenvalue weighted by Crippen LogP contribution is -2.04. The number of hydrogen-bond donors (Lipinski definition) is 0. The Morgan fingerprint density at radius 1 is 1.13 bits per heavy atom. The molecule has 0 amide bonds. The Morgan fingerprint density at radius 3 is 1.93 bits per heavy atom. The Labute approximate surface area is 87.2 Å². The molecule has 0 aromatic heterocycles. The van der Waals surface area contributed by atoms with Crippen LogP contribution >= 0.6 is 0 Å². The minimum atomic E-state index is -4.30. The highest BCUT2D eigenvalue weighted by Crippen LogP contribution is 2.28. The summed E-state index contributed by atoms with van der Waals surface area (Å²) in [5.74, 6) is 0. The second-order valence-corrected chi connectivity index (χ2v) is 2.53. The lowest BCUT2D eigenvalue weighted by Gasteiger charge is -2.05. The zero-order valence-electron chi connectivity index (χ0n) is 8.60. The Morgan fingerprint density at radius 2 is 1.60 bits per heavy atom. The van der Waals surface area contributed by atoms with Gasteiger partial charge in [-0.25, -0.2) is 0 Å². The normalized spacial score (nSPS) is 9.87. The van der Waals surface area contributed by atoms with Crippen LogP contribution in [0.1, 0.15) is 25.0 Å². The van der Waals surface area contributed by atoms with Crippen LogP contribution in [0.5, 0.6) is 0 Å². The second kappa shape index (κ2) is 6.07. The van der Waals surface area contributed by atoms with Crippen LogP contribution in [0, 0.1) is 11.3 Å². The van der Waals surface area contributed by atoms with Crippen LogP contribution in [0.2, 0.25) is 0 Å². The standard InChI is InChI=1S/C9H6F3N.C2H6/c10-9(11,12)8-3-1-7(2-4-8)5-6-13;1-2/h1-4H,5H2;1-2H3. The lowest BCUT2D eigenvalue weighted by molar-refractivity contribution is -0.137. The van der Waals surface area contributed by atoms with Crippen LogP contribution < -0.4 is 0 Å². The Bertz CT molecular complexity index is 319. The molecule has 4 heteroatoms. The predicted molar refractivity (Wildman–Crippen MR) is 52.1 cm³/mol. The molecule has 1 nitrogen and oxygen atoms in total. The van der Waals surface area contributed by atoms with Gasteiger partial charge in [0.2, 0.25) is 0 Å². The van der Waals surface area contributed by atoms with E-state index in [9.17, 15) is 13.2 Å². The van der Waals surface area contributed by atoms with Crippen molar-refractivity contribution in [1.29, 1.82) is 5.26 Å². The van der Waals surface area contributed by atoms with Crippen molar-refractivity contribution in [2.45, 2.75) is 26.4 Å². The van der Waals surface area contributed by atoms with Crippen molar-refractivity contribution >= 4 is 0 Å². The molecule has 0 saturated carbocycles. The van der Waals surface area contributed by atoms with Crippen molar-refractivity contribution in [3.8, 4) is 6.07 Å². The molecule has 0 aliphatic rings. The van der Waals surface area contributed by atoms with E-state index in [-0.39, 0.29) is 6.42 Å². The number of nitrogens with zero attached hydrogens (tertiary/aromatic N) is 1. The van der Waals surface area contributed by atoms with Gasteiger partial charge in [0.25, 0.3) is 0 Å². The van der Waals surface area contributed by atoms with Gasteiger partial charge in [0.15, 0.2) is 0 Å². The smallest absolute Gasteiger partial charge is 0.198 e. The maximum Gasteiger partial charge on any atom is 0.416 e.